The number of aliphatic carboxylic acids is 1. The highest BCUT2D eigenvalue weighted by Crippen LogP contribution is 2.06. The highest BCUT2D eigenvalue weighted by molar-refractivity contribution is 7.87. The SMILES string of the molecule is CN(Cc1ccccc1)S(=O)(=O)NC(CO)C(=O)O. The highest BCUT2D eigenvalue weighted by atomic mass is 32.2. The lowest BCUT2D eigenvalue weighted by atomic mass is 10.2. The van der Waals surface area contributed by atoms with Gasteiger partial charge in [0.1, 0.15) is 6.04 Å². The Balaban J connectivity index is 2.74. The summed E-state index contributed by atoms with van der Waals surface area (Å²) in [4.78, 5) is 10.7. The van der Waals surface area contributed by atoms with Gasteiger partial charge in [-0.25, -0.2) is 0 Å². The number of nitrogens with zero attached hydrogens (tertiary/aromatic N) is 1. The quantitative estimate of drug-likeness (QED) is 0.621. The van der Waals surface area contributed by atoms with Gasteiger partial charge in [0.15, 0.2) is 0 Å². The second-order valence-electron chi connectivity index (χ2n) is 3.94. The number of carboxylic acid groups (broad SMARTS) is 1. The van der Waals surface area contributed by atoms with Gasteiger partial charge in [-0.05, 0) is 5.56 Å². The molecule has 0 bridgehead atoms. The van der Waals surface area contributed by atoms with Gasteiger partial charge in [0.05, 0.1) is 6.61 Å². The minimum absolute atomic E-state index is 0.105. The summed E-state index contributed by atoms with van der Waals surface area (Å²) in [6.07, 6.45) is 0. The van der Waals surface area contributed by atoms with Crippen LogP contribution in [0.4, 0.5) is 0 Å². The topological polar surface area (TPSA) is 107 Å². The molecule has 0 aliphatic rings. The summed E-state index contributed by atoms with van der Waals surface area (Å²) < 4.78 is 26.6. The lowest BCUT2D eigenvalue weighted by Crippen LogP contribution is -2.48. The van der Waals surface area contributed by atoms with Gasteiger partial charge < -0.3 is 10.2 Å². The van der Waals surface area contributed by atoms with Crippen molar-refractivity contribution >= 4 is 16.2 Å². The fraction of sp³-hybridized carbons (Fsp3) is 0.364. The Morgan fingerprint density at radius 2 is 1.95 bits per heavy atom. The van der Waals surface area contributed by atoms with Crippen molar-refractivity contribution in [1.82, 2.24) is 9.03 Å². The Labute approximate surface area is 111 Å². The predicted octanol–water partition coefficient (Wildman–Crippen LogP) is -0.602. The van der Waals surface area contributed by atoms with Crippen LogP contribution in [0.25, 0.3) is 0 Å². The monoisotopic (exact) mass is 288 g/mol. The summed E-state index contributed by atoms with van der Waals surface area (Å²) in [5, 5.41) is 17.5. The van der Waals surface area contributed by atoms with E-state index in [0.717, 1.165) is 9.87 Å². The van der Waals surface area contributed by atoms with Crippen molar-refractivity contribution in [2.45, 2.75) is 12.6 Å². The third kappa shape index (κ3) is 4.60. The zero-order valence-electron chi connectivity index (χ0n) is 10.4. The smallest absolute Gasteiger partial charge is 0.324 e. The number of hydrogen-bond donors (Lipinski definition) is 3. The van der Waals surface area contributed by atoms with E-state index in [9.17, 15) is 13.2 Å². The maximum Gasteiger partial charge on any atom is 0.324 e. The Morgan fingerprint density at radius 1 is 1.37 bits per heavy atom. The first kappa shape index (κ1) is 15.6. The van der Waals surface area contributed by atoms with Crippen molar-refractivity contribution in [2.24, 2.45) is 0 Å². The van der Waals surface area contributed by atoms with E-state index in [1.165, 1.54) is 7.05 Å². The Bertz CT molecular complexity index is 517. The summed E-state index contributed by atoms with van der Waals surface area (Å²) in [5.41, 5.74) is 0.770. The van der Waals surface area contributed by atoms with Gasteiger partial charge in [-0.3, -0.25) is 4.79 Å². The summed E-state index contributed by atoms with van der Waals surface area (Å²) in [5.74, 6) is -1.43. The number of hydrogen-bond acceptors (Lipinski definition) is 4. The molecule has 0 spiro atoms. The van der Waals surface area contributed by atoms with Gasteiger partial charge in [-0.15, -0.1) is 0 Å². The van der Waals surface area contributed by atoms with Crippen LogP contribution >= 0.6 is 0 Å². The van der Waals surface area contributed by atoms with Crippen LogP contribution in [0.5, 0.6) is 0 Å². The standard InChI is InChI=1S/C11H16N2O5S/c1-13(7-9-5-3-2-4-6-9)19(17,18)12-10(8-14)11(15)16/h2-6,10,12,14H,7-8H2,1H3,(H,15,16). The number of benzene rings is 1. The number of rotatable bonds is 7. The molecule has 0 aliphatic carbocycles. The molecule has 1 aromatic carbocycles. The van der Waals surface area contributed by atoms with E-state index in [4.69, 9.17) is 10.2 Å². The molecule has 0 amide bonds. The van der Waals surface area contributed by atoms with Gasteiger partial charge in [-0.1, -0.05) is 30.3 Å². The molecular weight excluding hydrogens is 272 g/mol. The fourth-order valence-corrected chi connectivity index (χ4v) is 2.39. The van der Waals surface area contributed by atoms with Crippen LogP contribution in [0, 0.1) is 0 Å². The van der Waals surface area contributed by atoms with Crippen molar-refractivity contribution in [1.29, 1.82) is 0 Å². The number of aliphatic hydroxyl groups excluding tert-OH is 1. The summed E-state index contributed by atoms with van der Waals surface area (Å²) in [6, 6.07) is 7.32. The molecule has 1 atom stereocenters. The lowest BCUT2D eigenvalue weighted by Gasteiger charge is -2.20. The van der Waals surface area contributed by atoms with E-state index in [0.29, 0.717) is 0 Å². The third-order valence-electron chi connectivity index (χ3n) is 2.43. The van der Waals surface area contributed by atoms with E-state index >= 15 is 0 Å². The average Bonchev–Trinajstić information content (AvgIpc) is 2.36. The molecule has 1 aromatic rings. The molecule has 0 saturated heterocycles. The minimum atomic E-state index is -3.97. The maximum absolute atomic E-state index is 11.8. The molecule has 0 saturated carbocycles. The van der Waals surface area contributed by atoms with Crippen molar-refractivity contribution in [3.8, 4) is 0 Å². The number of nitrogens with one attached hydrogen (secondary N) is 1. The molecule has 0 aromatic heterocycles. The van der Waals surface area contributed by atoms with Crippen molar-refractivity contribution < 1.29 is 23.4 Å². The first-order valence-electron chi connectivity index (χ1n) is 5.48. The minimum Gasteiger partial charge on any atom is -0.480 e. The van der Waals surface area contributed by atoms with Crippen LogP contribution in [0.1, 0.15) is 5.56 Å². The normalized spacial score (nSPS) is 13.4. The zero-order chi connectivity index (χ0) is 14.5. The number of carbonyl (C=O) groups is 1. The number of carboxylic acids is 1. The van der Waals surface area contributed by atoms with Crippen molar-refractivity contribution in [2.75, 3.05) is 13.7 Å². The molecular formula is C11H16N2O5S. The Morgan fingerprint density at radius 3 is 2.42 bits per heavy atom. The molecule has 19 heavy (non-hydrogen) atoms. The van der Waals surface area contributed by atoms with Crippen LogP contribution in [-0.4, -0.2) is 48.6 Å². The molecule has 7 nitrogen and oxygen atoms in total. The summed E-state index contributed by atoms with van der Waals surface area (Å²) in [7, 11) is -2.65. The molecule has 106 valence electrons. The van der Waals surface area contributed by atoms with Gasteiger partial charge in [-0.2, -0.15) is 17.4 Å². The van der Waals surface area contributed by atoms with Gasteiger partial charge in [0.25, 0.3) is 10.2 Å². The molecule has 1 unspecified atom stereocenters. The van der Waals surface area contributed by atoms with Crippen LogP contribution in [-0.2, 0) is 21.5 Å². The average molecular weight is 288 g/mol. The van der Waals surface area contributed by atoms with Crippen LogP contribution < -0.4 is 4.72 Å². The maximum atomic E-state index is 11.8. The third-order valence-corrected chi connectivity index (χ3v) is 3.96. The van der Waals surface area contributed by atoms with E-state index in [1.807, 2.05) is 10.8 Å². The largest absolute Gasteiger partial charge is 0.480 e. The Hall–Kier alpha value is -1.48. The van der Waals surface area contributed by atoms with Crippen molar-refractivity contribution in [3.63, 3.8) is 0 Å². The second kappa shape index (κ2) is 6.62. The lowest BCUT2D eigenvalue weighted by molar-refractivity contribution is -0.139. The zero-order valence-corrected chi connectivity index (χ0v) is 11.2. The first-order valence-corrected chi connectivity index (χ1v) is 6.92. The molecule has 0 radical (unpaired) electrons. The molecule has 1 rings (SSSR count). The van der Waals surface area contributed by atoms with Crippen LogP contribution in [0.3, 0.4) is 0 Å². The first-order chi connectivity index (χ1) is 8.86. The summed E-state index contributed by atoms with van der Waals surface area (Å²) >= 11 is 0. The second-order valence-corrected chi connectivity index (χ2v) is 5.75. The van der Waals surface area contributed by atoms with Crippen LogP contribution in [0.2, 0.25) is 0 Å². The predicted molar refractivity (Wildman–Crippen MR) is 68.5 cm³/mol. The molecule has 0 fully saturated rings. The molecule has 3 N–H and O–H groups in total. The summed E-state index contributed by atoms with van der Waals surface area (Å²) in [6.45, 7) is -0.707. The van der Waals surface area contributed by atoms with E-state index in [-0.39, 0.29) is 6.54 Å². The highest BCUT2D eigenvalue weighted by Gasteiger charge is 2.26. The molecule has 0 heterocycles. The van der Waals surface area contributed by atoms with Gasteiger partial charge in [0, 0.05) is 13.6 Å². The molecule has 0 aliphatic heterocycles. The molecule has 8 heteroatoms. The Kier molecular flexibility index (Phi) is 5.43. The number of aliphatic hydroxyl groups is 1. The van der Waals surface area contributed by atoms with Gasteiger partial charge >= 0.3 is 5.97 Å². The van der Waals surface area contributed by atoms with Crippen molar-refractivity contribution in [3.05, 3.63) is 35.9 Å². The van der Waals surface area contributed by atoms with E-state index in [2.05, 4.69) is 0 Å². The van der Waals surface area contributed by atoms with Gasteiger partial charge in [0.2, 0.25) is 0 Å². The van der Waals surface area contributed by atoms with Crippen LogP contribution in [0.15, 0.2) is 30.3 Å². The fourth-order valence-electron chi connectivity index (χ4n) is 1.36. The van der Waals surface area contributed by atoms with E-state index in [1.54, 1.807) is 24.3 Å². The van der Waals surface area contributed by atoms with E-state index < -0.39 is 28.8 Å².